The highest BCUT2D eigenvalue weighted by molar-refractivity contribution is 5.53. The Morgan fingerprint density at radius 2 is 1.47 bits per heavy atom. The van der Waals surface area contributed by atoms with Crippen molar-refractivity contribution in [1.82, 2.24) is 9.97 Å². The first-order valence-corrected chi connectivity index (χ1v) is 7.06. The maximum atomic E-state index is 4.59. The van der Waals surface area contributed by atoms with E-state index in [2.05, 4.69) is 15.3 Å². The van der Waals surface area contributed by atoms with Gasteiger partial charge in [-0.25, -0.2) is 0 Å². The molecule has 5 heteroatoms. The van der Waals surface area contributed by atoms with Gasteiger partial charge >= 0.3 is 0 Å². The van der Waals surface area contributed by atoms with Crippen LogP contribution in [0, 0.1) is 0 Å². The van der Waals surface area contributed by atoms with E-state index in [-0.39, 0.29) is 0 Å². The Morgan fingerprint density at radius 3 is 1.95 bits per heavy atom. The number of anilines is 3. The van der Waals surface area contributed by atoms with Crippen LogP contribution in [0.5, 0.6) is 0 Å². The first-order chi connectivity index (χ1) is 9.06. The normalized spacial score (nSPS) is 16.2. The molecule has 0 saturated heterocycles. The topological polar surface area (TPSA) is 44.3 Å². The molecule has 1 aromatic heterocycles. The van der Waals surface area contributed by atoms with Crippen molar-refractivity contribution in [2.75, 3.05) is 43.3 Å². The molecule has 1 N–H and O–H groups in total. The molecule has 19 heavy (non-hydrogen) atoms. The van der Waals surface area contributed by atoms with E-state index >= 15 is 0 Å². The molecule has 0 aromatic carbocycles. The maximum Gasteiger partial charge on any atom is 0.226 e. The van der Waals surface area contributed by atoms with Crippen LogP contribution in [-0.2, 0) is 0 Å². The van der Waals surface area contributed by atoms with Crippen LogP contribution in [0.1, 0.15) is 32.1 Å². The molecule has 0 aliphatic heterocycles. The molecule has 2 rings (SSSR count). The molecular weight excluding hydrogens is 238 g/mol. The Bertz CT molecular complexity index is 384. The highest BCUT2D eigenvalue weighted by atomic mass is 15.2. The zero-order chi connectivity index (χ0) is 13.8. The van der Waals surface area contributed by atoms with Crippen LogP contribution in [0.4, 0.5) is 17.6 Å². The van der Waals surface area contributed by atoms with E-state index in [0.29, 0.717) is 6.04 Å². The molecule has 1 fully saturated rings. The third-order valence-electron chi connectivity index (χ3n) is 3.55. The van der Waals surface area contributed by atoms with Gasteiger partial charge in [-0.2, -0.15) is 9.97 Å². The molecule has 106 valence electrons. The van der Waals surface area contributed by atoms with Crippen molar-refractivity contribution in [3.63, 3.8) is 0 Å². The second-order valence-electron chi connectivity index (χ2n) is 5.68. The van der Waals surface area contributed by atoms with Crippen LogP contribution < -0.4 is 15.1 Å². The fourth-order valence-electron chi connectivity index (χ4n) is 2.37. The van der Waals surface area contributed by atoms with E-state index in [0.717, 1.165) is 17.6 Å². The fraction of sp³-hybridized carbons (Fsp3) is 0.714. The first-order valence-electron chi connectivity index (χ1n) is 7.06. The van der Waals surface area contributed by atoms with Gasteiger partial charge in [-0.05, 0) is 12.8 Å². The highest BCUT2D eigenvalue weighted by Gasteiger charge is 2.15. The van der Waals surface area contributed by atoms with Crippen molar-refractivity contribution in [3.8, 4) is 0 Å². The van der Waals surface area contributed by atoms with E-state index in [9.17, 15) is 0 Å². The monoisotopic (exact) mass is 263 g/mol. The summed E-state index contributed by atoms with van der Waals surface area (Å²) < 4.78 is 0. The Hall–Kier alpha value is -1.52. The molecular formula is C14H25N5. The average Bonchev–Trinajstić information content (AvgIpc) is 2.39. The number of rotatable bonds is 4. The van der Waals surface area contributed by atoms with Gasteiger partial charge in [0.15, 0.2) is 0 Å². The van der Waals surface area contributed by atoms with Gasteiger partial charge in [0, 0.05) is 40.3 Å². The van der Waals surface area contributed by atoms with Gasteiger partial charge in [0.2, 0.25) is 5.95 Å². The van der Waals surface area contributed by atoms with Crippen molar-refractivity contribution < 1.29 is 0 Å². The van der Waals surface area contributed by atoms with Gasteiger partial charge in [-0.1, -0.05) is 19.3 Å². The largest absolute Gasteiger partial charge is 0.363 e. The summed E-state index contributed by atoms with van der Waals surface area (Å²) in [4.78, 5) is 13.2. The minimum absolute atomic E-state index is 0.529. The Balaban J connectivity index is 2.18. The number of hydrogen-bond donors (Lipinski definition) is 1. The minimum Gasteiger partial charge on any atom is -0.363 e. The summed E-state index contributed by atoms with van der Waals surface area (Å²) in [5.41, 5.74) is 0. The summed E-state index contributed by atoms with van der Waals surface area (Å²) in [6, 6.07) is 2.53. The van der Waals surface area contributed by atoms with Gasteiger partial charge in [0.1, 0.15) is 11.6 Å². The SMILES string of the molecule is CN(C)c1cc(N(C)C)nc(NC2CCCCC2)n1. The minimum atomic E-state index is 0.529. The molecule has 1 heterocycles. The third-order valence-corrected chi connectivity index (χ3v) is 3.55. The Labute approximate surface area is 116 Å². The lowest BCUT2D eigenvalue weighted by molar-refractivity contribution is 0.461. The predicted octanol–water partition coefficient (Wildman–Crippen LogP) is 2.35. The molecule has 5 nitrogen and oxygen atoms in total. The van der Waals surface area contributed by atoms with Crippen LogP contribution in [0.25, 0.3) is 0 Å². The van der Waals surface area contributed by atoms with Gasteiger partial charge in [0.05, 0.1) is 0 Å². The van der Waals surface area contributed by atoms with Crippen molar-refractivity contribution in [3.05, 3.63) is 6.07 Å². The van der Waals surface area contributed by atoms with E-state index in [4.69, 9.17) is 0 Å². The molecule has 0 radical (unpaired) electrons. The van der Waals surface area contributed by atoms with Crippen molar-refractivity contribution in [2.45, 2.75) is 38.1 Å². The summed E-state index contributed by atoms with van der Waals surface area (Å²) in [6.45, 7) is 0. The summed E-state index contributed by atoms with van der Waals surface area (Å²) in [6.07, 6.45) is 6.44. The van der Waals surface area contributed by atoms with Gasteiger partial charge in [-0.3, -0.25) is 0 Å². The summed E-state index contributed by atoms with van der Waals surface area (Å²) in [7, 11) is 8.02. The standard InChI is InChI=1S/C14H25N5/c1-18(2)12-10-13(19(3)4)17-14(16-12)15-11-8-6-5-7-9-11/h10-11H,5-9H2,1-4H3,(H,15,16,17). The molecule has 0 bridgehead atoms. The molecule has 0 atom stereocenters. The second kappa shape index (κ2) is 6.08. The molecule has 1 aliphatic rings. The predicted molar refractivity (Wildman–Crippen MR) is 81.2 cm³/mol. The van der Waals surface area contributed by atoms with Crippen molar-refractivity contribution in [1.29, 1.82) is 0 Å². The third kappa shape index (κ3) is 3.72. The number of aromatic nitrogens is 2. The van der Waals surface area contributed by atoms with E-state index in [1.165, 1.54) is 32.1 Å². The lowest BCUT2D eigenvalue weighted by Gasteiger charge is -2.24. The number of nitrogens with one attached hydrogen (secondary N) is 1. The summed E-state index contributed by atoms with van der Waals surface area (Å²) >= 11 is 0. The molecule has 0 spiro atoms. The van der Waals surface area contributed by atoms with Crippen LogP contribution in [0.3, 0.4) is 0 Å². The second-order valence-corrected chi connectivity index (χ2v) is 5.68. The zero-order valence-corrected chi connectivity index (χ0v) is 12.5. The lowest BCUT2D eigenvalue weighted by Crippen LogP contribution is -2.25. The van der Waals surface area contributed by atoms with Gasteiger partial charge < -0.3 is 15.1 Å². The van der Waals surface area contributed by atoms with E-state index in [1.54, 1.807) is 0 Å². The fourth-order valence-corrected chi connectivity index (χ4v) is 2.37. The first kappa shape index (κ1) is 13.9. The zero-order valence-electron chi connectivity index (χ0n) is 12.5. The molecule has 0 amide bonds. The molecule has 1 aliphatic carbocycles. The van der Waals surface area contributed by atoms with E-state index < -0.39 is 0 Å². The quantitative estimate of drug-likeness (QED) is 0.903. The molecule has 0 unspecified atom stereocenters. The van der Waals surface area contributed by atoms with Crippen molar-refractivity contribution >= 4 is 17.6 Å². The number of hydrogen-bond acceptors (Lipinski definition) is 5. The lowest BCUT2D eigenvalue weighted by atomic mass is 9.96. The van der Waals surface area contributed by atoms with Crippen LogP contribution in [0.2, 0.25) is 0 Å². The Morgan fingerprint density at radius 1 is 0.947 bits per heavy atom. The van der Waals surface area contributed by atoms with Crippen LogP contribution >= 0.6 is 0 Å². The maximum absolute atomic E-state index is 4.59. The summed E-state index contributed by atoms with van der Waals surface area (Å²) in [5, 5.41) is 3.50. The highest BCUT2D eigenvalue weighted by Crippen LogP contribution is 2.23. The van der Waals surface area contributed by atoms with E-state index in [1.807, 2.05) is 44.1 Å². The van der Waals surface area contributed by atoms with Crippen LogP contribution in [-0.4, -0.2) is 44.2 Å². The number of nitrogens with zero attached hydrogens (tertiary/aromatic N) is 4. The molecule has 1 saturated carbocycles. The van der Waals surface area contributed by atoms with Crippen LogP contribution in [0.15, 0.2) is 6.07 Å². The average molecular weight is 263 g/mol. The smallest absolute Gasteiger partial charge is 0.226 e. The van der Waals surface area contributed by atoms with Gasteiger partial charge in [0.25, 0.3) is 0 Å². The van der Waals surface area contributed by atoms with Crippen molar-refractivity contribution in [2.24, 2.45) is 0 Å². The summed E-state index contributed by atoms with van der Waals surface area (Å²) in [5.74, 6) is 2.64. The Kier molecular flexibility index (Phi) is 4.45. The molecule has 1 aromatic rings. The van der Waals surface area contributed by atoms with Gasteiger partial charge in [-0.15, -0.1) is 0 Å².